The number of hydrogen-bond donors (Lipinski definition) is 2. The fraction of sp³-hybridized carbons (Fsp3) is 0.324. The van der Waals surface area contributed by atoms with Crippen LogP contribution >= 0.6 is 0 Å². The Labute approximate surface area is 252 Å². The summed E-state index contributed by atoms with van der Waals surface area (Å²) in [5.74, 6) is -0.325. The number of hydrogen-bond acceptors (Lipinski definition) is 5. The lowest BCUT2D eigenvalue weighted by Crippen LogP contribution is -2.54. The highest BCUT2D eigenvalue weighted by Gasteiger charge is 2.29. The van der Waals surface area contributed by atoms with Crippen LogP contribution in [0.5, 0.6) is 5.75 Å². The summed E-state index contributed by atoms with van der Waals surface area (Å²) in [6, 6.07) is 21.0. The predicted octanol–water partition coefficient (Wildman–Crippen LogP) is 4.58. The van der Waals surface area contributed by atoms with Crippen LogP contribution in [0, 0.1) is 12.7 Å². The van der Waals surface area contributed by atoms with Gasteiger partial charge in [-0.25, -0.2) is 4.39 Å². The molecule has 226 valence electrons. The van der Waals surface area contributed by atoms with E-state index in [1.807, 2.05) is 43.3 Å². The highest BCUT2D eigenvalue weighted by atomic mass is 19.1. The van der Waals surface area contributed by atoms with Gasteiger partial charge < -0.3 is 20.3 Å². The molecular formula is C34H39FN4O4. The van der Waals surface area contributed by atoms with Gasteiger partial charge in [0.25, 0.3) is 5.91 Å². The van der Waals surface area contributed by atoms with E-state index in [2.05, 4.69) is 22.1 Å². The number of ether oxygens (including phenoxy) is 1. The summed E-state index contributed by atoms with van der Waals surface area (Å²) >= 11 is 0. The van der Waals surface area contributed by atoms with Crippen LogP contribution in [-0.4, -0.2) is 66.3 Å². The number of benzene rings is 3. The molecule has 0 aliphatic carbocycles. The molecule has 0 radical (unpaired) electrons. The molecule has 0 unspecified atom stereocenters. The van der Waals surface area contributed by atoms with Gasteiger partial charge in [-0.15, -0.1) is 0 Å². The van der Waals surface area contributed by atoms with Crippen molar-refractivity contribution in [1.29, 1.82) is 0 Å². The van der Waals surface area contributed by atoms with Gasteiger partial charge in [0, 0.05) is 51.3 Å². The van der Waals surface area contributed by atoms with Crippen molar-refractivity contribution in [3.63, 3.8) is 0 Å². The maximum Gasteiger partial charge on any atom is 0.251 e. The molecular weight excluding hydrogens is 547 g/mol. The molecule has 1 saturated heterocycles. The van der Waals surface area contributed by atoms with Crippen LogP contribution in [-0.2, 0) is 9.59 Å². The van der Waals surface area contributed by atoms with Gasteiger partial charge in [-0.1, -0.05) is 49.0 Å². The van der Waals surface area contributed by atoms with Gasteiger partial charge in [0.2, 0.25) is 11.8 Å². The van der Waals surface area contributed by atoms with E-state index in [0.29, 0.717) is 48.6 Å². The third kappa shape index (κ3) is 8.51. The van der Waals surface area contributed by atoms with Crippen molar-refractivity contribution >= 4 is 17.7 Å². The van der Waals surface area contributed by atoms with Gasteiger partial charge in [-0.2, -0.15) is 0 Å². The Kier molecular flexibility index (Phi) is 10.7. The first kappa shape index (κ1) is 31.4. The zero-order chi connectivity index (χ0) is 30.9. The van der Waals surface area contributed by atoms with Crippen LogP contribution in [0.3, 0.4) is 0 Å². The van der Waals surface area contributed by atoms with E-state index in [-0.39, 0.29) is 36.1 Å². The summed E-state index contributed by atoms with van der Waals surface area (Å²) in [5, 5.41) is 5.77. The molecule has 1 aliphatic rings. The number of nitrogens with one attached hydrogen (secondary N) is 2. The second-order valence-corrected chi connectivity index (χ2v) is 10.9. The number of amides is 3. The summed E-state index contributed by atoms with van der Waals surface area (Å²) in [6.07, 6.45) is 0.853. The largest absolute Gasteiger partial charge is 0.484 e. The molecule has 4 rings (SSSR count). The summed E-state index contributed by atoms with van der Waals surface area (Å²) in [5.41, 5.74) is 2.56. The Bertz CT molecular complexity index is 1430. The molecule has 1 fully saturated rings. The van der Waals surface area contributed by atoms with E-state index < -0.39 is 12.1 Å². The number of piperazine rings is 1. The van der Waals surface area contributed by atoms with Crippen LogP contribution < -0.4 is 15.4 Å². The van der Waals surface area contributed by atoms with Crippen molar-refractivity contribution in [3.8, 4) is 5.75 Å². The molecule has 9 heteroatoms. The van der Waals surface area contributed by atoms with Gasteiger partial charge >= 0.3 is 0 Å². The zero-order valence-electron chi connectivity index (χ0n) is 24.9. The van der Waals surface area contributed by atoms with Crippen molar-refractivity contribution in [1.82, 2.24) is 20.4 Å². The lowest BCUT2D eigenvalue weighted by Gasteiger charge is -2.40. The van der Waals surface area contributed by atoms with E-state index in [1.54, 1.807) is 42.2 Å². The Morgan fingerprint density at radius 3 is 2.40 bits per heavy atom. The second kappa shape index (κ2) is 14.6. The number of aryl methyl sites for hydroxylation is 1. The number of carbonyl (C=O) groups excluding carboxylic acids is 3. The molecule has 1 heterocycles. The first-order valence-corrected chi connectivity index (χ1v) is 14.4. The van der Waals surface area contributed by atoms with Crippen LogP contribution in [0.2, 0.25) is 0 Å². The minimum atomic E-state index is -0.483. The van der Waals surface area contributed by atoms with Crippen molar-refractivity contribution in [2.75, 3.05) is 32.7 Å². The van der Waals surface area contributed by atoms with E-state index in [9.17, 15) is 18.8 Å². The van der Waals surface area contributed by atoms with Crippen molar-refractivity contribution in [3.05, 3.63) is 114 Å². The molecule has 2 N–H and O–H groups in total. The van der Waals surface area contributed by atoms with Crippen molar-refractivity contribution < 1.29 is 23.5 Å². The highest BCUT2D eigenvalue weighted by Crippen LogP contribution is 2.26. The summed E-state index contributed by atoms with van der Waals surface area (Å²) in [4.78, 5) is 40.8. The Balaban J connectivity index is 1.47. The Morgan fingerprint density at radius 1 is 1.05 bits per heavy atom. The monoisotopic (exact) mass is 586 g/mol. The molecule has 0 saturated carbocycles. The maximum atomic E-state index is 14.6. The lowest BCUT2D eigenvalue weighted by molar-refractivity contribution is -0.130. The minimum absolute atomic E-state index is 0.00203. The molecule has 0 bridgehead atoms. The standard InChI is InChI=1S/C34H39FN4O4/c1-5-33(41)39-18-17-38(21-24(39)3)22-32(28-12-11-23(2)30(35)19-28)43-29-15-13-27(14-16-29)34(42)37-31(20-36-25(4)40)26-9-7-6-8-10-26/h5-16,19,24,31-32H,1,17-18,20-22H2,2-4H3,(H,36,40)(H,37,42)/t24-,31+,32+/m1/s1. The Hall–Kier alpha value is -4.50. The minimum Gasteiger partial charge on any atom is -0.484 e. The molecule has 0 spiro atoms. The van der Waals surface area contributed by atoms with Gasteiger partial charge in [-0.3, -0.25) is 19.3 Å². The normalized spacial score (nSPS) is 16.6. The lowest BCUT2D eigenvalue weighted by atomic mass is 10.0. The summed E-state index contributed by atoms with van der Waals surface area (Å²) in [6.45, 7) is 11.4. The third-order valence-electron chi connectivity index (χ3n) is 7.62. The molecule has 3 amide bonds. The van der Waals surface area contributed by atoms with E-state index in [4.69, 9.17) is 4.74 Å². The van der Waals surface area contributed by atoms with Crippen LogP contribution in [0.25, 0.3) is 0 Å². The fourth-order valence-electron chi connectivity index (χ4n) is 5.17. The molecule has 1 aliphatic heterocycles. The third-order valence-corrected chi connectivity index (χ3v) is 7.62. The SMILES string of the molecule is C=CC(=O)N1CCN(C[C@H](Oc2ccc(C(=O)N[C@@H](CNC(C)=O)c3ccccc3)cc2)c2ccc(C)c(F)c2)C[C@H]1C. The Morgan fingerprint density at radius 2 is 1.77 bits per heavy atom. The van der Waals surface area contributed by atoms with Crippen LogP contribution in [0.1, 0.15) is 53.0 Å². The number of carbonyl (C=O) groups is 3. The van der Waals surface area contributed by atoms with Crippen LogP contribution in [0.4, 0.5) is 4.39 Å². The first-order chi connectivity index (χ1) is 20.6. The number of nitrogens with zero attached hydrogens (tertiary/aromatic N) is 2. The number of rotatable bonds is 11. The number of halogens is 1. The van der Waals surface area contributed by atoms with Crippen LogP contribution in [0.15, 0.2) is 85.5 Å². The molecule has 8 nitrogen and oxygen atoms in total. The molecule has 3 aromatic carbocycles. The topological polar surface area (TPSA) is 91.0 Å². The summed E-state index contributed by atoms with van der Waals surface area (Å²) < 4.78 is 21.0. The van der Waals surface area contributed by atoms with Crippen molar-refractivity contribution in [2.24, 2.45) is 0 Å². The second-order valence-electron chi connectivity index (χ2n) is 10.9. The van der Waals surface area contributed by atoms with Crippen molar-refractivity contribution in [2.45, 2.75) is 39.0 Å². The maximum absolute atomic E-state index is 14.6. The molecule has 3 atom stereocenters. The van der Waals surface area contributed by atoms with E-state index in [1.165, 1.54) is 19.1 Å². The van der Waals surface area contributed by atoms with Gasteiger partial charge in [0.05, 0.1) is 6.04 Å². The van der Waals surface area contributed by atoms with Gasteiger partial charge in [-0.05, 0) is 66.9 Å². The van der Waals surface area contributed by atoms with E-state index >= 15 is 0 Å². The average Bonchev–Trinajstić information content (AvgIpc) is 3.00. The molecule has 0 aromatic heterocycles. The highest BCUT2D eigenvalue weighted by molar-refractivity contribution is 5.94. The molecule has 3 aromatic rings. The van der Waals surface area contributed by atoms with E-state index in [0.717, 1.165) is 5.56 Å². The zero-order valence-corrected chi connectivity index (χ0v) is 24.9. The predicted molar refractivity (Wildman–Crippen MR) is 164 cm³/mol. The van der Waals surface area contributed by atoms with Gasteiger partial charge in [0.1, 0.15) is 17.7 Å². The fourth-order valence-corrected chi connectivity index (χ4v) is 5.17. The smallest absolute Gasteiger partial charge is 0.251 e. The molecule has 43 heavy (non-hydrogen) atoms. The average molecular weight is 587 g/mol. The van der Waals surface area contributed by atoms with Gasteiger partial charge in [0.15, 0.2) is 0 Å². The summed E-state index contributed by atoms with van der Waals surface area (Å²) in [7, 11) is 0. The quantitative estimate of drug-likeness (QED) is 0.321. The first-order valence-electron chi connectivity index (χ1n) is 14.4.